The van der Waals surface area contributed by atoms with Crippen molar-refractivity contribution in [1.82, 2.24) is 10.3 Å². The molecule has 66 valence electrons. The van der Waals surface area contributed by atoms with Gasteiger partial charge < -0.3 is 9.73 Å². The molecule has 1 atom stereocenters. The summed E-state index contributed by atoms with van der Waals surface area (Å²) in [6.45, 7) is 3.15. The maximum atomic E-state index is 5.20. The van der Waals surface area contributed by atoms with Gasteiger partial charge in [-0.25, -0.2) is 4.98 Å². The normalized spacial score (nSPS) is 19.4. The van der Waals surface area contributed by atoms with Gasteiger partial charge in [-0.3, -0.25) is 0 Å². The van der Waals surface area contributed by atoms with Crippen LogP contribution in [0.15, 0.2) is 17.0 Å². The highest BCUT2D eigenvalue weighted by molar-refractivity contribution is 4.98. The summed E-state index contributed by atoms with van der Waals surface area (Å²) >= 11 is 0. The van der Waals surface area contributed by atoms with Gasteiger partial charge in [-0.1, -0.05) is 6.92 Å². The van der Waals surface area contributed by atoms with Crippen molar-refractivity contribution >= 4 is 0 Å². The molecular formula is C9H14N2O. The lowest BCUT2D eigenvalue weighted by molar-refractivity contribution is 0.455. The molecule has 3 nitrogen and oxygen atoms in total. The lowest BCUT2D eigenvalue weighted by Crippen LogP contribution is -2.21. The molecule has 2 rings (SSSR count). The van der Waals surface area contributed by atoms with Crippen LogP contribution in [-0.4, -0.2) is 17.6 Å². The molecule has 0 spiro atoms. The second-order valence-electron chi connectivity index (χ2n) is 3.49. The van der Waals surface area contributed by atoms with E-state index in [1.807, 2.05) is 0 Å². The summed E-state index contributed by atoms with van der Waals surface area (Å²) in [6, 6.07) is 0.773. The molecule has 3 heteroatoms. The zero-order valence-corrected chi connectivity index (χ0v) is 7.29. The van der Waals surface area contributed by atoms with Crippen molar-refractivity contribution in [2.75, 3.05) is 6.54 Å². The molecule has 1 saturated carbocycles. The highest BCUT2D eigenvalue weighted by atomic mass is 16.3. The van der Waals surface area contributed by atoms with Gasteiger partial charge in [0.2, 0.25) is 0 Å². The van der Waals surface area contributed by atoms with E-state index in [1.165, 1.54) is 19.2 Å². The van der Waals surface area contributed by atoms with Gasteiger partial charge in [0.1, 0.15) is 5.76 Å². The van der Waals surface area contributed by atoms with Crippen LogP contribution in [0, 0.1) is 0 Å². The molecule has 1 N–H and O–H groups in total. The monoisotopic (exact) mass is 166 g/mol. The molecule has 0 bridgehead atoms. The second-order valence-corrected chi connectivity index (χ2v) is 3.49. The standard InChI is InChI=1S/C9H14N2O/c1-7(4-11-8-2-3-8)9-5-10-6-12-9/h5-8,11H,2-4H2,1H3. The largest absolute Gasteiger partial charge is 0.448 e. The van der Waals surface area contributed by atoms with Crippen molar-refractivity contribution in [3.05, 3.63) is 18.4 Å². The van der Waals surface area contributed by atoms with Gasteiger partial charge in [0.25, 0.3) is 0 Å². The van der Waals surface area contributed by atoms with Crippen LogP contribution in [-0.2, 0) is 0 Å². The molecular weight excluding hydrogens is 152 g/mol. The topological polar surface area (TPSA) is 38.1 Å². The number of aromatic nitrogens is 1. The molecule has 0 radical (unpaired) electrons. The third-order valence-corrected chi connectivity index (χ3v) is 2.23. The second kappa shape index (κ2) is 3.27. The number of rotatable bonds is 4. The lowest BCUT2D eigenvalue weighted by Gasteiger charge is -2.07. The smallest absolute Gasteiger partial charge is 0.180 e. The van der Waals surface area contributed by atoms with E-state index in [9.17, 15) is 0 Å². The van der Waals surface area contributed by atoms with Crippen molar-refractivity contribution in [3.63, 3.8) is 0 Å². The van der Waals surface area contributed by atoms with Crippen molar-refractivity contribution in [2.45, 2.75) is 31.7 Å². The molecule has 1 aliphatic carbocycles. The minimum absolute atomic E-state index is 0.438. The summed E-state index contributed by atoms with van der Waals surface area (Å²) in [7, 11) is 0. The predicted molar refractivity (Wildman–Crippen MR) is 45.9 cm³/mol. The Hall–Kier alpha value is -0.830. The molecule has 1 unspecified atom stereocenters. The van der Waals surface area contributed by atoms with Crippen molar-refractivity contribution in [2.24, 2.45) is 0 Å². The fraction of sp³-hybridized carbons (Fsp3) is 0.667. The van der Waals surface area contributed by atoms with Crippen LogP contribution in [0.3, 0.4) is 0 Å². The lowest BCUT2D eigenvalue weighted by atomic mass is 10.1. The van der Waals surface area contributed by atoms with Crippen LogP contribution in [0.2, 0.25) is 0 Å². The average molecular weight is 166 g/mol. The van der Waals surface area contributed by atoms with Gasteiger partial charge in [0.15, 0.2) is 6.39 Å². The Kier molecular flexibility index (Phi) is 2.13. The highest BCUT2D eigenvalue weighted by Crippen LogP contribution is 2.20. The van der Waals surface area contributed by atoms with Crippen molar-refractivity contribution in [1.29, 1.82) is 0 Å². The van der Waals surface area contributed by atoms with Gasteiger partial charge in [-0.2, -0.15) is 0 Å². The Morgan fingerprint density at radius 2 is 2.58 bits per heavy atom. The third-order valence-electron chi connectivity index (χ3n) is 2.23. The number of oxazole rings is 1. The molecule has 1 heterocycles. The van der Waals surface area contributed by atoms with E-state index in [2.05, 4.69) is 17.2 Å². The summed E-state index contributed by atoms with van der Waals surface area (Å²) in [5.41, 5.74) is 0. The van der Waals surface area contributed by atoms with Crippen LogP contribution >= 0.6 is 0 Å². The van der Waals surface area contributed by atoms with Crippen LogP contribution < -0.4 is 5.32 Å². The quantitative estimate of drug-likeness (QED) is 0.737. The Morgan fingerprint density at radius 1 is 1.75 bits per heavy atom. The molecule has 1 fully saturated rings. The fourth-order valence-corrected chi connectivity index (χ4v) is 1.20. The van der Waals surface area contributed by atoms with E-state index in [-0.39, 0.29) is 0 Å². The number of hydrogen-bond acceptors (Lipinski definition) is 3. The molecule has 0 aromatic carbocycles. The minimum Gasteiger partial charge on any atom is -0.448 e. The number of nitrogens with one attached hydrogen (secondary N) is 1. The van der Waals surface area contributed by atoms with Gasteiger partial charge in [-0.15, -0.1) is 0 Å². The SMILES string of the molecule is CC(CNC1CC1)c1cnco1. The van der Waals surface area contributed by atoms with Crippen LogP contribution in [0.1, 0.15) is 31.4 Å². The van der Waals surface area contributed by atoms with E-state index in [0.29, 0.717) is 5.92 Å². The van der Waals surface area contributed by atoms with Crippen LogP contribution in [0.25, 0.3) is 0 Å². The minimum atomic E-state index is 0.438. The average Bonchev–Trinajstić information content (AvgIpc) is 2.74. The van der Waals surface area contributed by atoms with Crippen molar-refractivity contribution < 1.29 is 4.42 Å². The molecule has 1 aromatic heterocycles. The number of hydrogen-bond donors (Lipinski definition) is 1. The van der Waals surface area contributed by atoms with Gasteiger partial charge >= 0.3 is 0 Å². The molecule has 12 heavy (non-hydrogen) atoms. The Morgan fingerprint density at radius 3 is 3.17 bits per heavy atom. The zero-order chi connectivity index (χ0) is 8.39. The van der Waals surface area contributed by atoms with E-state index >= 15 is 0 Å². The Bertz CT molecular complexity index is 229. The van der Waals surface area contributed by atoms with E-state index in [1.54, 1.807) is 6.20 Å². The molecule has 0 aliphatic heterocycles. The van der Waals surface area contributed by atoms with E-state index in [0.717, 1.165) is 18.3 Å². The molecule has 1 aromatic rings. The summed E-state index contributed by atoms with van der Waals surface area (Å²) in [6.07, 6.45) is 5.95. The first-order valence-electron chi connectivity index (χ1n) is 4.48. The number of nitrogens with zero attached hydrogens (tertiary/aromatic N) is 1. The van der Waals surface area contributed by atoms with Gasteiger partial charge in [-0.05, 0) is 12.8 Å². The van der Waals surface area contributed by atoms with E-state index in [4.69, 9.17) is 4.42 Å². The zero-order valence-electron chi connectivity index (χ0n) is 7.29. The molecule has 0 saturated heterocycles. The fourth-order valence-electron chi connectivity index (χ4n) is 1.20. The molecule has 0 amide bonds. The summed E-state index contributed by atoms with van der Waals surface area (Å²) in [5.74, 6) is 1.41. The summed E-state index contributed by atoms with van der Waals surface area (Å²) in [5, 5.41) is 3.46. The predicted octanol–water partition coefficient (Wildman–Crippen LogP) is 1.53. The van der Waals surface area contributed by atoms with Crippen LogP contribution in [0.4, 0.5) is 0 Å². The maximum Gasteiger partial charge on any atom is 0.180 e. The first-order chi connectivity index (χ1) is 5.86. The highest BCUT2D eigenvalue weighted by Gasteiger charge is 2.21. The van der Waals surface area contributed by atoms with Gasteiger partial charge in [0, 0.05) is 18.5 Å². The first kappa shape index (κ1) is 7.80. The molecule has 1 aliphatic rings. The van der Waals surface area contributed by atoms with Crippen molar-refractivity contribution in [3.8, 4) is 0 Å². The maximum absolute atomic E-state index is 5.20. The summed E-state index contributed by atoms with van der Waals surface area (Å²) < 4.78 is 5.20. The first-order valence-corrected chi connectivity index (χ1v) is 4.48. The van der Waals surface area contributed by atoms with Gasteiger partial charge in [0.05, 0.1) is 6.20 Å². The van der Waals surface area contributed by atoms with E-state index < -0.39 is 0 Å². The Balaban J connectivity index is 1.79. The summed E-state index contributed by atoms with van der Waals surface area (Å²) in [4.78, 5) is 3.89. The Labute approximate surface area is 72.2 Å². The third kappa shape index (κ3) is 1.85. The van der Waals surface area contributed by atoms with Crippen LogP contribution in [0.5, 0.6) is 0 Å².